The van der Waals surface area contributed by atoms with Crippen molar-refractivity contribution in [2.45, 2.75) is 32.9 Å². The molecule has 2 rings (SSSR count). The van der Waals surface area contributed by atoms with Crippen LogP contribution >= 0.6 is 0 Å². The molecule has 4 heteroatoms. The second-order valence-electron chi connectivity index (χ2n) is 4.31. The van der Waals surface area contributed by atoms with Gasteiger partial charge in [-0.1, -0.05) is 25.1 Å². The molecule has 0 bridgehead atoms. The highest BCUT2D eigenvalue weighted by molar-refractivity contribution is 5.97. The maximum Gasteiger partial charge on any atom is 0.254 e. The van der Waals surface area contributed by atoms with Crippen molar-refractivity contribution in [1.29, 1.82) is 0 Å². The van der Waals surface area contributed by atoms with Crippen LogP contribution in [0.25, 0.3) is 0 Å². The summed E-state index contributed by atoms with van der Waals surface area (Å²) < 4.78 is 5.61. The molecule has 1 aromatic carbocycles. The van der Waals surface area contributed by atoms with Crippen molar-refractivity contribution in [3.8, 4) is 0 Å². The van der Waals surface area contributed by atoms with Gasteiger partial charge in [0.1, 0.15) is 12.8 Å². The van der Waals surface area contributed by atoms with Crippen molar-refractivity contribution in [2.75, 3.05) is 18.1 Å². The third kappa shape index (κ3) is 2.13. The Morgan fingerprint density at radius 1 is 1.50 bits per heavy atom. The van der Waals surface area contributed by atoms with Crippen LogP contribution in [0.3, 0.4) is 0 Å². The second-order valence-corrected chi connectivity index (χ2v) is 4.31. The van der Waals surface area contributed by atoms with Crippen LogP contribution in [0, 0.1) is 0 Å². The number of ether oxygens (including phenoxy) is 1. The topological polar surface area (TPSA) is 49.8 Å². The molecular weight excluding hydrogens is 230 g/mol. The SMILES string of the molecule is CCOC1Cc2cccc(CC)c2N1C(=O)CO. The minimum atomic E-state index is -0.485. The predicted molar refractivity (Wildman–Crippen MR) is 69.5 cm³/mol. The summed E-state index contributed by atoms with van der Waals surface area (Å²) >= 11 is 0. The number of para-hydroxylation sites is 1. The van der Waals surface area contributed by atoms with Crippen molar-refractivity contribution >= 4 is 11.6 Å². The zero-order chi connectivity index (χ0) is 13.1. The van der Waals surface area contributed by atoms with Crippen LogP contribution in [-0.2, 0) is 22.4 Å². The minimum Gasteiger partial charge on any atom is -0.387 e. The number of aliphatic hydroxyl groups excluding tert-OH is 1. The van der Waals surface area contributed by atoms with E-state index in [0.717, 1.165) is 23.2 Å². The van der Waals surface area contributed by atoms with Crippen molar-refractivity contribution in [3.63, 3.8) is 0 Å². The molecule has 0 radical (unpaired) electrons. The molecule has 0 fully saturated rings. The number of nitrogens with zero attached hydrogens (tertiary/aromatic N) is 1. The van der Waals surface area contributed by atoms with E-state index in [1.165, 1.54) is 0 Å². The quantitative estimate of drug-likeness (QED) is 0.879. The van der Waals surface area contributed by atoms with Crippen LogP contribution in [0.4, 0.5) is 5.69 Å². The molecule has 0 aromatic heterocycles. The molecule has 1 unspecified atom stereocenters. The van der Waals surface area contributed by atoms with E-state index in [1.54, 1.807) is 4.90 Å². The van der Waals surface area contributed by atoms with E-state index in [-0.39, 0.29) is 12.1 Å². The van der Waals surface area contributed by atoms with Crippen molar-refractivity contribution in [1.82, 2.24) is 0 Å². The second kappa shape index (κ2) is 5.50. The van der Waals surface area contributed by atoms with Gasteiger partial charge in [-0.05, 0) is 24.5 Å². The van der Waals surface area contributed by atoms with Crippen LogP contribution in [0.2, 0.25) is 0 Å². The molecule has 0 saturated carbocycles. The van der Waals surface area contributed by atoms with Crippen LogP contribution in [0.1, 0.15) is 25.0 Å². The van der Waals surface area contributed by atoms with Gasteiger partial charge in [0.15, 0.2) is 0 Å². The van der Waals surface area contributed by atoms with E-state index < -0.39 is 6.61 Å². The molecule has 1 amide bonds. The number of hydrogen-bond acceptors (Lipinski definition) is 3. The van der Waals surface area contributed by atoms with Gasteiger partial charge in [0.25, 0.3) is 5.91 Å². The first-order valence-corrected chi connectivity index (χ1v) is 6.38. The summed E-state index contributed by atoms with van der Waals surface area (Å²) in [5.74, 6) is -0.298. The summed E-state index contributed by atoms with van der Waals surface area (Å²) in [5.41, 5.74) is 3.17. The van der Waals surface area contributed by atoms with Gasteiger partial charge in [0, 0.05) is 13.0 Å². The summed E-state index contributed by atoms with van der Waals surface area (Å²) in [6.07, 6.45) is 1.28. The Morgan fingerprint density at radius 2 is 2.28 bits per heavy atom. The molecule has 98 valence electrons. The maximum absolute atomic E-state index is 11.9. The highest BCUT2D eigenvalue weighted by Crippen LogP contribution is 2.36. The van der Waals surface area contributed by atoms with Crippen LogP contribution in [0.5, 0.6) is 0 Å². The third-order valence-corrected chi connectivity index (χ3v) is 3.27. The number of anilines is 1. The normalized spacial score (nSPS) is 17.9. The van der Waals surface area contributed by atoms with E-state index in [2.05, 4.69) is 6.92 Å². The summed E-state index contributed by atoms with van der Waals surface area (Å²) in [7, 11) is 0. The Morgan fingerprint density at radius 3 is 2.89 bits per heavy atom. The fraction of sp³-hybridized carbons (Fsp3) is 0.500. The summed E-state index contributed by atoms with van der Waals surface area (Å²) in [6, 6.07) is 6.05. The zero-order valence-corrected chi connectivity index (χ0v) is 10.8. The lowest BCUT2D eigenvalue weighted by Crippen LogP contribution is -2.41. The molecule has 1 aliphatic rings. The lowest BCUT2D eigenvalue weighted by molar-refractivity contribution is -0.123. The fourth-order valence-electron chi connectivity index (χ4n) is 2.51. The minimum absolute atomic E-state index is 0.280. The number of fused-ring (bicyclic) bond motifs is 1. The van der Waals surface area contributed by atoms with Crippen LogP contribution < -0.4 is 4.90 Å². The number of amides is 1. The van der Waals surface area contributed by atoms with Crippen LogP contribution in [-0.4, -0.2) is 30.5 Å². The average molecular weight is 249 g/mol. The van der Waals surface area contributed by atoms with Crippen molar-refractivity contribution in [3.05, 3.63) is 29.3 Å². The monoisotopic (exact) mass is 249 g/mol. The summed E-state index contributed by atoms with van der Waals surface area (Å²) in [6.45, 7) is 4.03. The number of aliphatic hydroxyl groups is 1. The molecule has 1 atom stereocenters. The Bertz CT molecular complexity index is 445. The van der Waals surface area contributed by atoms with Gasteiger partial charge in [-0.3, -0.25) is 9.69 Å². The first kappa shape index (κ1) is 13.1. The van der Waals surface area contributed by atoms with Crippen molar-refractivity contribution < 1.29 is 14.6 Å². The van der Waals surface area contributed by atoms with E-state index >= 15 is 0 Å². The smallest absolute Gasteiger partial charge is 0.254 e. The van der Waals surface area contributed by atoms with Gasteiger partial charge in [-0.15, -0.1) is 0 Å². The van der Waals surface area contributed by atoms with Crippen LogP contribution in [0.15, 0.2) is 18.2 Å². The van der Waals surface area contributed by atoms with E-state index in [9.17, 15) is 4.79 Å². The molecule has 18 heavy (non-hydrogen) atoms. The molecular formula is C14H19NO3. The Hall–Kier alpha value is -1.39. The fourth-order valence-corrected chi connectivity index (χ4v) is 2.51. The standard InChI is InChI=1S/C14H19NO3/c1-3-10-6-5-7-11-8-13(18-4-2)15(14(10)11)12(17)9-16/h5-7,13,16H,3-4,8-9H2,1-2H3. The molecule has 1 N–H and O–H groups in total. The number of aryl methyl sites for hydroxylation is 1. The average Bonchev–Trinajstić information content (AvgIpc) is 2.76. The van der Waals surface area contributed by atoms with Gasteiger partial charge in [0.2, 0.25) is 0 Å². The predicted octanol–water partition coefficient (Wildman–Crippen LogP) is 1.49. The first-order valence-electron chi connectivity index (χ1n) is 6.38. The van der Waals surface area contributed by atoms with E-state index in [4.69, 9.17) is 9.84 Å². The van der Waals surface area contributed by atoms with Gasteiger partial charge in [-0.25, -0.2) is 0 Å². The zero-order valence-electron chi connectivity index (χ0n) is 10.8. The van der Waals surface area contributed by atoms with Gasteiger partial charge >= 0.3 is 0 Å². The molecule has 1 aliphatic heterocycles. The lowest BCUT2D eigenvalue weighted by atomic mass is 10.1. The molecule has 0 spiro atoms. The summed E-state index contributed by atoms with van der Waals surface area (Å²) in [4.78, 5) is 13.5. The number of carbonyl (C=O) groups excluding carboxylic acids is 1. The summed E-state index contributed by atoms with van der Waals surface area (Å²) in [5, 5.41) is 9.12. The molecule has 0 saturated heterocycles. The maximum atomic E-state index is 11.9. The molecule has 0 aliphatic carbocycles. The first-order chi connectivity index (χ1) is 8.72. The number of hydrogen-bond donors (Lipinski definition) is 1. The molecule has 1 aromatic rings. The Balaban J connectivity index is 2.43. The largest absolute Gasteiger partial charge is 0.387 e. The van der Waals surface area contributed by atoms with Gasteiger partial charge in [-0.2, -0.15) is 0 Å². The highest BCUT2D eigenvalue weighted by Gasteiger charge is 2.35. The van der Waals surface area contributed by atoms with E-state index in [0.29, 0.717) is 13.0 Å². The van der Waals surface area contributed by atoms with Gasteiger partial charge in [0.05, 0.1) is 5.69 Å². The number of benzene rings is 1. The van der Waals surface area contributed by atoms with Crippen molar-refractivity contribution in [2.24, 2.45) is 0 Å². The third-order valence-electron chi connectivity index (χ3n) is 3.27. The Kier molecular flexibility index (Phi) is 3.99. The number of carbonyl (C=O) groups is 1. The lowest BCUT2D eigenvalue weighted by Gasteiger charge is -2.25. The van der Waals surface area contributed by atoms with Gasteiger partial charge < -0.3 is 9.84 Å². The molecule has 4 nitrogen and oxygen atoms in total. The van der Waals surface area contributed by atoms with E-state index in [1.807, 2.05) is 25.1 Å². The Labute approximate surface area is 107 Å². The highest BCUT2D eigenvalue weighted by atomic mass is 16.5. The molecule has 1 heterocycles. The number of rotatable bonds is 4.